The molecule has 0 bridgehead atoms. The van der Waals surface area contributed by atoms with E-state index in [1.807, 2.05) is 36.4 Å². The van der Waals surface area contributed by atoms with Crippen LogP contribution in [0.3, 0.4) is 0 Å². The lowest BCUT2D eigenvalue weighted by Gasteiger charge is -2.09. The van der Waals surface area contributed by atoms with E-state index in [-0.39, 0.29) is 0 Å². The third kappa shape index (κ3) is 3.94. The summed E-state index contributed by atoms with van der Waals surface area (Å²) in [6.07, 6.45) is 2.49. The van der Waals surface area contributed by atoms with Crippen LogP contribution in [0.2, 0.25) is 0 Å². The molecule has 5 nitrogen and oxygen atoms in total. The summed E-state index contributed by atoms with van der Waals surface area (Å²) in [5, 5.41) is 7.63. The molecule has 0 spiro atoms. The first-order chi connectivity index (χ1) is 11.3. The topological polar surface area (TPSA) is 59.1 Å². The Bertz CT molecular complexity index is 785. The molecule has 0 unspecified atom stereocenters. The van der Waals surface area contributed by atoms with Crippen molar-refractivity contribution in [1.82, 2.24) is 15.3 Å². The molecule has 23 heavy (non-hydrogen) atoms. The Morgan fingerprint density at radius 2 is 2.13 bits per heavy atom. The Hall–Kier alpha value is -2.25. The summed E-state index contributed by atoms with van der Waals surface area (Å²) in [6, 6.07) is 11.8. The van der Waals surface area contributed by atoms with Gasteiger partial charge in [0.15, 0.2) is 10.2 Å². The number of para-hydroxylation sites is 1. The number of thiazole rings is 1. The van der Waals surface area contributed by atoms with Crippen LogP contribution in [0.25, 0.3) is 10.2 Å². The Kier molecular flexibility index (Phi) is 4.99. The van der Waals surface area contributed by atoms with Crippen molar-refractivity contribution in [3.05, 3.63) is 48.3 Å². The first-order valence-electron chi connectivity index (χ1n) is 7.14. The maximum absolute atomic E-state index is 5.31. The number of thiocarbonyl (C=S) groups is 1. The van der Waals surface area contributed by atoms with Gasteiger partial charge in [-0.2, -0.15) is 0 Å². The average molecular weight is 344 g/mol. The molecule has 2 aromatic heterocycles. The number of hydrogen-bond acceptors (Lipinski definition) is 5. The van der Waals surface area contributed by atoms with Crippen LogP contribution in [0.15, 0.2) is 42.6 Å². The van der Waals surface area contributed by atoms with E-state index in [2.05, 4.69) is 20.6 Å². The number of nitrogens with one attached hydrogen (secondary N) is 2. The van der Waals surface area contributed by atoms with Gasteiger partial charge in [-0.3, -0.25) is 4.98 Å². The number of hydrogen-bond donors (Lipinski definition) is 2. The highest BCUT2D eigenvalue weighted by Gasteiger charge is 2.06. The number of nitrogens with zero attached hydrogens (tertiary/aromatic N) is 2. The van der Waals surface area contributed by atoms with Gasteiger partial charge in [-0.05, 0) is 36.5 Å². The normalized spacial score (nSPS) is 10.5. The van der Waals surface area contributed by atoms with Crippen LogP contribution in [0.5, 0.6) is 5.75 Å². The molecule has 2 heterocycles. The van der Waals surface area contributed by atoms with E-state index in [0.717, 1.165) is 33.2 Å². The molecule has 2 N–H and O–H groups in total. The molecule has 0 radical (unpaired) electrons. The maximum atomic E-state index is 5.31. The van der Waals surface area contributed by atoms with Crippen LogP contribution in [-0.2, 0) is 6.42 Å². The smallest absolute Gasteiger partial charge is 0.190 e. The van der Waals surface area contributed by atoms with E-state index in [0.29, 0.717) is 11.7 Å². The summed E-state index contributed by atoms with van der Waals surface area (Å²) in [4.78, 5) is 8.81. The zero-order chi connectivity index (χ0) is 16.1. The molecule has 0 aliphatic rings. The van der Waals surface area contributed by atoms with Crippen LogP contribution in [0.4, 0.5) is 5.13 Å². The fourth-order valence-electron chi connectivity index (χ4n) is 2.16. The number of aromatic nitrogens is 2. The molecule has 3 rings (SSSR count). The van der Waals surface area contributed by atoms with Crippen LogP contribution in [0, 0.1) is 0 Å². The summed E-state index contributed by atoms with van der Waals surface area (Å²) in [6.45, 7) is 0.671. The van der Waals surface area contributed by atoms with Crippen molar-refractivity contribution in [3.8, 4) is 5.75 Å². The van der Waals surface area contributed by atoms with Gasteiger partial charge in [0.2, 0.25) is 0 Å². The van der Waals surface area contributed by atoms with E-state index in [4.69, 9.17) is 17.0 Å². The molecule has 0 aliphatic carbocycles. The molecule has 0 aliphatic heterocycles. The van der Waals surface area contributed by atoms with Gasteiger partial charge in [0, 0.05) is 19.2 Å². The summed E-state index contributed by atoms with van der Waals surface area (Å²) < 4.78 is 6.42. The van der Waals surface area contributed by atoms with Gasteiger partial charge in [-0.1, -0.05) is 23.5 Å². The molecule has 0 fully saturated rings. The summed E-state index contributed by atoms with van der Waals surface area (Å²) in [7, 11) is 1.65. The van der Waals surface area contributed by atoms with E-state index < -0.39 is 0 Å². The van der Waals surface area contributed by atoms with Crippen molar-refractivity contribution in [1.29, 1.82) is 0 Å². The lowest BCUT2D eigenvalue weighted by molar-refractivity contribution is 0.406. The highest BCUT2D eigenvalue weighted by molar-refractivity contribution is 7.80. The Balaban J connectivity index is 1.53. The van der Waals surface area contributed by atoms with Crippen LogP contribution in [-0.4, -0.2) is 28.7 Å². The molecule has 7 heteroatoms. The second-order valence-corrected chi connectivity index (χ2v) is 6.21. The van der Waals surface area contributed by atoms with E-state index in [1.165, 1.54) is 0 Å². The standard InChI is InChI=1S/C16H16N4OS2/c1-21-13-6-4-9-17-11(13)8-10-18-15(22)20-16-19-12-5-2-3-7-14(12)23-16/h2-7,9H,8,10H2,1H3,(H2,18,19,20,22). The number of methoxy groups -OCH3 is 1. The minimum atomic E-state index is 0.555. The first-order valence-corrected chi connectivity index (χ1v) is 8.37. The van der Waals surface area contributed by atoms with Gasteiger partial charge in [0.25, 0.3) is 0 Å². The summed E-state index contributed by atoms with van der Waals surface area (Å²) in [5.41, 5.74) is 1.88. The van der Waals surface area contributed by atoms with Crippen molar-refractivity contribution < 1.29 is 4.74 Å². The first kappa shape index (κ1) is 15.6. The second kappa shape index (κ2) is 7.34. The number of ether oxygens (including phenoxy) is 1. The molecule has 1 aromatic carbocycles. The predicted molar refractivity (Wildman–Crippen MR) is 98.3 cm³/mol. The molecular formula is C16H16N4OS2. The van der Waals surface area contributed by atoms with Gasteiger partial charge in [0.1, 0.15) is 5.75 Å². The van der Waals surface area contributed by atoms with E-state index in [9.17, 15) is 0 Å². The molecule has 0 atom stereocenters. The summed E-state index contributed by atoms with van der Waals surface area (Å²) in [5.74, 6) is 0.791. The predicted octanol–water partition coefficient (Wildman–Crippen LogP) is 3.23. The quantitative estimate of drug-likeness (QED) is 0.693. The molecule has 118 valence electrons. The van der Waals surface area contributed by atoms with Gasteiger partial charge in [0.05, 0.1) is 23.0 Å². The molecule has 3 aromatic rings. The van der Waals surface area contributed by atoms with Crippen molar-refractivity contribution in [2.24, 2.45) is 0 Å². The molecule has 0 saturated carbocycles. The maximum Gasteiger partial charge on any atom is 0.190 e. The number of pyridine rings is 1. The number of rotatable bonds is 5. The van der Waals surface area contributed by atoms with Crippen molar-refractivity contribution in [2.75, 3.05) is 19.0 Å². The monoisotopic (exact) mass is 344 g/mol. The molecular weight excluding hydrogens is 328 g/mol. The number of benzene rings is 1. The fourth-order valence-corrected chi connectivity index (χ4v) is 3.29. The van der Waals surface area contributed by atoms with Crippen LogP contribution < -0.4 is 15.4 Å². The zero-order valence-electron chi connectivity index (χ0n) is 12.6. The van der Waals surface area contributed by atoms with Gasteiger partial charge in [-0.25, -0.2) is 4.98 Å². The minimum absolute atomic E-state index is 0.555. The fraction of sp³-hybridized carbons (Fsp3) is 0.188. The third-order valence-electron chi connectivity index (χ3n) is 3.23. The highest BCUT2D eigenvalue weighted by atomic mass is 32.1. The van der Waals surface area contributed by atoms with Crippen molar-refractivity contribution in [2.45, 2.75) is 6.42 Å². The molecule has 0 saturated heterocycles. The van der Waals surface area contributed by atoms with Gasteiger partial charge < -0.3 is 15.4 Å². The van der Waals surface area contributed by atoms with Crippen LogP contribution >= 0.6 is 23.6 Å². The van der Waals surface area contributed by atoms with E-state index in [1.54, 1.807) is 24.6 Å². The lowest BCUT2D eigenvalue weighted by atomic mass is 10.2. The number of fused-ring (bicyclic) bond motifs is 1. The average Bonchev–Trinajstić information content (AvgIpc) is 2.97. The second-order valence-electron chi connectivity index (χ2n) is 4.77. The third-order valence-corrected chi connectivity index (χ3v) is 4.43. The summed E-state index contributed by atoms with van der Waals surface area (Å²) >= 11 is 6.89. The largest absolute Gasteiger partial charge is 0.495 e. The van der Waals surface area contributed by atoms with Gasteiger partial charge >= 0.3 is 0 Å². The zero-order valence-corrected chi connectivity index (χ0v) is 14.2. The Morgan fingerprint density at radius 3 is 2.96 bits per heavy atom. The van der Waals surface area contributed by atoms with Crippen molar-refractivity contribution in [3.63, 3.8) is 0 Å². The van der Waals surface area contributed by atoms with Crippen molar-refractivity contribution >= 4 is 44.0 Å². The van der Waals surface area contributed by atoms with Crippen LogP contribution in [0.1, 0.15) is 5.69 Å². The highest BCUT2D eigenvalue weighted by Crippen LogP contribution is 2.25. The SMILES string of the molecule is COc1cccnc1CCNC(=S)Nc1nc2ccccc2s1. The minimum Gasteiger partial charge on any atom is -0.495 e. The molecule has 0 amide bonds. The van der Waals surface area contributed by atoms with Gasteiger partial charge in [-0.15, -0.1) is 0 Å². The number of anilines is 1. The van der Waals surface area contributed by atoms with E-state index >= 15 is 0 Å². The lowest BCUT2D eigenvalue weighted by Crippen LogP contribution is -2.30. The Morgan fingerprint density at radius 1 is 1.26 bits per heavy atom. The Labute approximate surface area is 143 Å².